The van der Waals surface area contributed by atoms with Crippen LogP contribution < -0.4 is 4.90 Å². The average Bonchev–Trinajstić information content (AvgIpc) is 2.67. The normalized spacial score (nSPS) is 11.4. The summed E-state index contributed by atoms with van der Waals surface area (Å²) in [7, 11) is 2.07. The lowest BCUT2D eigenvalue weighted by Gasteiger charge is -2.21. The zero-order valence-corrected chi connectivity index (χ0v) is 15.4. The van der Waals surface area contributed by atoms with Crippen LogP contribution in [0.2, 0.25) is 0 Å². The Bertz CT molecular complexity index is 829. The number of amidine groups is 1. The molecule has 0 aromatic heterocycles. The molecule has 25 heavy (non-hydrogen) atoms. The zero-order valence-electron chi connectivity index (χ0n) is 14.6. The van der Waals surface area contributed by atoms with E-state index in [1.54, 1.807) is 11.8 Å². The lowest BCUT2D eigenvalue weighted by atomic mass is 10.2. The highest BCUT2D eigenvalue weighted by Gasteiger charge is 2.11. The molecule has 0 aliphatic heterocycles. The molecule has 3 heteroatoms. The first-order valence-corrected chi connectivity index (χ1v) is 9.32. The third-order valence-corrected chi connectivity index (χ3v) is 5.07. The van der Waals surface area contributed by atoms with Gasteiger partial charge in [0.1, 0.15) is 0 Å². The van der Waals surface area contributed by atoms with Gasteiger partial charge in [-0.1, -0.05) is 78.5 Å². The van der Waals surface area contributed by atoms with Gasteiger partial charge in [0.05, 0.1) is 5.69 Å². The van der Waals surface area contributed by atoms with Crippen LogP contribution in [0.5, 0.6) is 0 Å². The van der Waals surface area contributed by atoms with Gasteiger partial charge >= 0.3 is 0 Å². The van der Waals surface area contributed by atoms with Crippen LogP contribution in [0.15, 0.2) is 89.9 Å². The second-order valence-corrected chi connectivity index (χ2v) is 6.79. The Morgan fingerprint density at radius 1 is 0.840 bits per heavy atom. The number of thioether (sulfide) groups is 1. The minimum atomic E-state index is 0.892. The maximum Gasteiger partial charge on any atom is 0.168 e. The third kappa shape index (κ3) is 4.74. The zero-order chi connectivity index (χ0) is 17.5. The van der Waals surface area contributed by atoms with Crippen LogP contribution >= 0.6 is 11.8 Å². The molecule has 0 heterocycles. The summed E-state index contributed by atoms with van der Waals surface area (Å²) in [6.45, 7) is 2.10. The minimum absolute atomic E-state index is 0.892. The van der Waals surface area contributed by atoms with Gasteiger partial charge < -0.3 is 4.90 Å². The van der Waals surface area contributed by atoms with Gasteiger partial charge in [0, 0.05) is 18.5 Å². The Morgan fingerprint density at radius 3 is 2.12 bits per heavy atom. The fourth-order valence-electron chi connectivity index (χ4n) is 2.48. The lowest BCUT2D eigenvalue weighted by Crippen LogP contribution is -2.23. The molecule has 0 N–H and O–H groups in total. The van der Waals surface area contributed by atoms with Crippen molar-refractivity contribution in [3.63, 3.8) is 0 Å². The summed E-state index contributed by atoms with van der Waals surface area (Å²) in [6.07, 6.45) is 0. The first-order valence-electron chi connectivity index (χ1n) is 8.34. The SMILES string of the molecule is Cc1ccccc1N=C(SCc1ccccc1)N(C)c1ccccc1. The number of benzene rings is 3. The summed E-state index contributed by atoms with van der Waals surface area (Å²) in [5.41, 5.74) is 4.63. The van der Waals surface area contributed by atoms with Gasteiger partial charge in [0.15, 0.2) is 5.17 Å². The van der Waals surface area contributed by atoms with E-state index in [2.05, 4.69) is 79.5 Å². The van der Waals surface area contributed by atoms with Crippen molar-refractivity contribution in [3.8, 4) is 0 Å². The molecule has 0 bridgehead atoms. The molecular formula is C22H22N2S. The fraction of sp³-hybridized carbons (Fsp3) is 0.136. The number of aliphatic imine (C=N–C) groups is 1. The van der Waals surface area contributed by atoms with E-state index in [-0.39, 0.29) is 0 Å². The Kier molecular flexibility index (Phi) is 5.91. The monoisotopic (exact) mass is 346 g/mol. The quantitative estimate of drug-likeness (QED) is 0.422. The molecule has 0 amide bonds. The largest absolute Gasteiger partial charge is 0.324 e. The molecule has 0 unspecified atom stereocenters. The topological polar surface area (TPSA) is 15.6 Å². The summed E-state index contributed by atoms with van der Waals surface area (Å²) in [4.78, 5) is 7.11. The van der Waals surface area contributed by atoms with Crippen molar-refractivity contribution in [2.24, 2.45) is 4.99 Å². The number of hydrogen-bond donors (Lipinski definition) is 0. The summed E-state index contributed by atoms with van der Waals surface area (Å²) in [6, 6.07) is 29.1. The number of para-hydroxylation sites is 2. The highest BCUT2D eigenvalue weighted by atomic mass is 32.2. The van der Waals surface area contributed by atoms with Crippen LogP contribution in [-0.2, 0) is 5.75 Å². The van der Waals surface area contributed by atoms with Crippen LogP contribution in [0.25, 0.3) is 0 Å². The van der Waals surface area contributed by atoms with E-state index in [4.69, 9.17) is 4.99 Å². The highest BCUT2D eigenvalue weighted by Crippen LogP contribution is 2.25. The van der Waals surface area contributed by atoms with Gasteiger partial charge in [-0.05, 0) is 36.2 Å². The van der Waals surface area contributed by atoms with Crippen LogP contribution in [0.4, 0.5) is 11.4 Å². The molecule has 3 aromatic carbocycles. The highest BCUT2D eigenvalue weighted by molar-refractivity contribution is 8.13. The summed E-state index contributed by atoms with van der Waals surface area (Å²) >= 11 is 1.76. The van der Waals surface area contributed by atoms with Gasteiger partial charge in [-0.25, -0.2) is 4.99 Å². The van der Waals surface area contributed by atoms with Crippen molar-refractivity contribution in [2.45, 2.75) is 12.7 Å². The molecule has 3 aromatic rings. The van der Waals surface area contributed by atoms with E-state index >= 15 is 0 Å². The van der Waals surface area contributed by atoms with E-state index in [1.807, 2.05) is 24.3 Å². The van der Waals surface area contributed by atoms with E-state index in [0.29, 0.717) is 0 Å². The molecule has 0 spiro atoms. The second kappa shape index (κ2) is 8.54. The first-order chi connectivity index (χ1) is 12.2. The number of rotatable bonds is 4. The van der Waals surface area contributed by atoms with Crippen molar-refractivity contribution in [1.82, 2.24) is 0 Å². The molecule has 0 saturated carbocycles. The fourth-order valence-corrected chi connectivity index (χ4v) is 3.43. The van der Waals surface area contributed by atoms with Crippen LogP contribution in [0, 0.1) is 6.92 Å². The van der Waals surface area contributed by atoms with Gasteiger partial charge in [0.25, 0.3) is 0 Å². The van der Waals surface area contributed by atoms with Crippen molar-refractivity contribution in [3.05, 3.63) is 96.1 Å². The predicted octanol–water partition coefficient (Wildman–Crippen LogP) is 6.05. The lowest BCUT2D eigenvalue weighted by molar-refractivity contribution is 1.27. The molecule has 0 atom stereocenters. The molecule has 0 aliphatic rings. The van der Waals surface area contributed by atoms with Crippen molar-refractivity contribution in [1.29, 1.82) is 0 Å². The number of nitrogens with zero attached hydrogens (tertiary/aromatic N) is 2. The van der Waals surface area contributed by atoms with E-state index < -0.39 is 0 Å². The van der Waals surface area contributed by atoms with Crippen LogP contribution in [0.1, 0.15) is 11.1 Å². The van der Waals surface area contributed by atoms with Gasteiger partial charge in [-0.2, -0.15) is 0 Å². The molecule has 0 radical (unpaired) electrons. The number of hydrogen-bond acceptors (Lipinski definition) is 2. The number of aryl methyl sites for hydroxylation is 1. The van der Waals surface area contributed by atoms with E-state index in [0.717, 1.165) is 22.3 Å². The first kappa shape index (κ1) is 17.3. The third-order valence-electron chi connectivity index (χ3n) is 3.97. The Hall–Kier alpha value is -2.52. The van der Waals surface area contributed by atoms with Gasteiger partial charge in [-0.15, -0.1) is 0 Å². The molecular weight excluding hydrogens is 324 g/mol. The maximum absolute atomic E-state index is 4.96. The molecule has 3 rings (SSSR count). The van der Waals surface area contributed by atoms with Gasteiger partial charge in [0.2, 0.25) is 0 Å². The Morgan fingerprint density at radius 2 is 1.44 bits per heavy atom. The van der Waals surface area contributed by atoms with E-state index in [1.165, 1.54) is 11.1 Å². The minimum Gasteiger partial charge on any atom is -0.324 e. The van der Waals surface area contributed by atoms with Crippen molar-refractivity contribution < 1.29 is 0 Å². The molecule has 126 valence electrons. The van der Waals surface area contributed by atoms with Gasteiger partial charge in [-0.3, -0.25) is 0 Å². The summed E-state index contributed by atoms with van der Waals surface area (Å²) < 4.78 is 0. The second-order valence-electron chi connectivity index (χ2n) is 5.85. The Labute approximate surface area is 154 Å². The smallest absolute Gasteiger partial charge is 0.168 e. The maximum atomic E-state index is 4.96. The summed E-state index contributed by atoms with van der Waals surface area (Å²) in [5.74, 6) is 0.892. The number of anilines is 1. The van der Waals surface area contributed by atoms with E-state index in [9.17, 15) is 0 Å². The summed E-state index contributed by atoms with van der Waals surface area (Å²) in [5, 5.41) is 0.990. The molecule has 0 fully saturated rings. The Balaban J connectivity index is 1.89. The standard InChI is InChI=1S/C22H22N2S/c1-18-11-9-10-16-21(18)23-22(24(2)20-14-7-4-8-15-20)25-17-19-12-5-3-6-13-19/h3-16H,17H2,1-2H3. The van der Waals surface area contributed by atoms with Crippen LogP contribution in [0.3, 0.4) is 0 Å². The molecule has 0 aliphatic carbocycles. The van der Waals surface area contributed by atoms with Crippen LogP contribution in [-0.4, -0.2) is 12.2 Å². The van der Waals surface area contributed by atoms with Crippen molar-refractivity contribution >= 4 is 28.3 Å². The molecule has 0 saturated heterocycles. The predicted molar refractivity (Wildman–Crippen MR) is 111 cm³/mol. The average molecular weight is 346 g/mol. The molecule has 2 nitrogen and oxygen atoms in total. The van der Waals surface area contributed by atoms with Crippen molar-refractivity contribution in [2.75, 3.05) is 11.9 Å².